The van der Waals surface area contributed by atoms with Crippen molar-refractivity contribution in [1.82, 2.24) is 5.01 Å². The van der Waals surface area contributed by atoms with E-state index in [1.54, 1.807) is 34.6 Å². The van der Waals surface area contributed by atoms with Crippen LogP contribution < -0.4 is 14.2 Å². The van der Waals surface area contributed by atoms with Gasteiger partial charge in [0.15, 0.2) is 11.5 Å². The second-order valence-corrected chi connectivity index (χ2v) is 3.59. The van der Waals surface area contributed by atoms with E-state index in [2.05, 4.69) is 5.10 Å². The monoisotopic (exact) mass is 268 g/mol. The smallest absolute Gasteiger partial charge is 0.203 e. The largest absolute Gasteiger partial charge is 0.493 e. The van der Waals surface area contributed by atoms with Gasteiger partial charge in [-0.1, -0.05) is 12.2 Å². The van der Waals surface area contributed by atoms with Gasteiger partial charge in [0.05, 0.1) is 33.0 Å². The minimum Gasteiger partial charge on any atom is -0.493 e. The van der Waals surface area contributed by atoms with Gasteiger partial charge in [-0.2, -0.15) is 5.10 Å². The molecule has 0 unspecified atom stereocenters. The maximum atomic E-state index is 5.24. The molecular weight excluding hydrogens is 252 g/mol. The third-order valence-electron chi connectivity index (χ3n) is 2.23. The molecule has 0 atom stereocenters. The second-order valence-electron chi connectivity index (χ2n) is 3.38. The molecule has 0 fully saturated rings. The Labute approximate surface area is 112 Å². The van der Waals surface area contributed by atoms with E-state index in [1.165, 1.54) is 10.5 Å². The Hall–Kier alpha value is -1.82. The number of hydrogen-bond acceptors (Lipinski definition) is 5. The predicted molar refractivity (Wildman–Crippen MR) is 75.1 cm³/mol. The lowest BCUT2D eigenvalue weighted by Gasteiger charge is -2.12. The van der Waals surface area contributed by atoms with Crippen molar-refractivity contribution in [2.75, 3.05) is 28.4 Å². The van der Waals surface area contributed by atoms with Crippen molar-refractivity contribution < 1.29 is 14.2 Å². The van der Waals surface area contributed by atoms with Crippen LogP contribution in [0.4, 0.5) is 0 Å². The summed E-state index contributed by atoms with van der Waals surface area (Å²) in [5.41, 5.74) is 2.27. The van der Waals surface area contributed by atoms with Gasteiger partial charge in [0.2, 0.25) is 5.75 Å². The summed E-state index contributed by atoms with van der Waals surface area (Å²) in [7, 11) is 6.46. The Morgan fingerprint density at radius 2 is 1.67 bits per heavy atom. The van der Waals surface area contributed by atoms with Crippen LogP contribution >= 0.6 is 12.2 Å². The minimum absolute atomic E-state index is 0.556. The Balaban J connectivity index is 3.15. The molecule has 1 aromatic rings. The normalized spacial score (nSPS) is 10.2. The number of nitrogens with zero attached hydrogens (tertiary/aromatic N) is 2. The first-order chi connectivity index (χ1) is 8.65. The van der Waals surface area contributed by atoms with Crippen LogP contribution in [0.3, 0.4) is 0 Å². The number of benzene rings is 1. The Morgan fingerprint density at radius 3 is 2.06 bits per heavy atom. The molecular formula is C12H16N2O3S. The van der Waals surface area contributed by atoms with E-state index >= 15 is 0 Å². The highest BCUT2D eigenvalue weighted by Gasteiger charge is 2.12. The zero-order valence-corrected chi connectivity index (χ0v) is 11.7. The highest BCUT2D eigenvalue weighted by Crippen LogP contribution is 2.37. The summed E-state index contributed by atoms with van der Waals surface area (Å²) < 4.78 is 15.7. The van der Waals surface area contributed by atoms with Crippen LogP contribution in [-0.2, 0) is 0 Å². The number of hydrogen-bond donors (Lipinski definition) is 0. The molecule has 0 N–H and O–H groups in total. The van der Waals surface area contributed by atoms with E-state index in [1.807, 2.05) is 12.1 Å². The van der Waals surface area contributed by atoms with Crippen LogP contribution in [0, 0.1) is 0 Å². The van der Waals surface area contributed by atoms with Crippen molar-refractivity contribution in [3.05, 3.63) is 17.7 Å². The molecule has 1 rings (SSSR count). The molecule has 5 nitrogen and oxygen atoms in total. The summed E-state index contributed by atoms with van der Waals surface area (Å²) in [4.78, 5) is 0. The third kappa shape index (κ3) is 3.33. The summed E-state index contributed by atoms with van der Waals surface area (Å²) in [6, 6.07) is 3.62. The van der Waals surface area contributed by atoms with E-state index in [9.17, 15) is 0 Å². The maximum absolute atomic E-state index is 5.24. The minimum atomic E-state index is 0.556. The molecule has 0 amide bonds. The van der Waals surface area contributed by atoms with Gasteiger partial charge in [-0.05, 0) is 12.1 Å². The lowest BCUT2D eigenvalue weighted by Crippen LogP contribution is -2.06. The van der Waals surface area contributed by atoms with E-state index in [0.717, 1.165) is 5.56 Å². The fraction of sp³-hybridized carbons (Fsp3) is 0.333. The zero-order chi connectivity index (χ0) is 13.5. The van der Waals surface area contributed by atoms with Gasteiger partial charge in [0, 0.05) is 12.6 Å². The molecule has 0 saturated heterocycles. The average Bonchev–Trinajstić information content (AvgIpc) is 2.43. The molecule has 0 radical (unpaired) electrons. The molecule has 0 aliphatic carbocycles. The summed E-state index contributed by atoms with van der Waals surface area (Å²) >= 11 is 4.74. The fourth-order valence-corrected chi connectivity index (χ4v) is 1.42. The molecule has 18 heavy (non-hydrogen) atoms. The quantitative estimate of drug-likeness (QED) is 0.448. The number of rotatable bonds is 6. The second kappa shape index (κ2) is 6.80. The first-order valence-corrected chi connectivity index (χ1v) is 5.65. The van der Waals surface area contributed by atoms with Gasteiger partial charge in [-0.15, -0.1) is 0 Å². The van der Waals surface area contributed by atoms with E-state index in [-0.39, 0.29) is 0 Å². The summed E-state index contributed by atoms with van der Waals surface area (Å²) in [6.07, 6.45) is 1.66. The maximum Gasteiger partial charge on any atom is 0.203 e. The molecule has 0 spiro atoms. The van der Waals surface area contributed by atoms with Gasteiger partial charge in [-0.25, -0.2) is 0 Å². The molecule has 0 aliphatic heterocycles. The first-order valence-electron chi connectivity index (χ1n) is 5.18. The van der Waals surface area contributed by atoms with Crippen LogP contribution in [-0.4, -0.2) is 45.1 Å². The fourth-order valence-electron chi connectivity index (χ4n) is 1.36. The molecule has 0 heterocycles. The lowest BCUT2D eigenvalue weighted by atomic mass is 10.2. The number of thiocarbonyl (C=S) groups is 1. The summed E-state index contributed by atoms with van der Waals surface area (Å²) in [5, 5.41) is 5.64. The molecule has 0 bridgehead atoms. The van der Waals surface area contributed by atoms with Crippen molar-refractivity contribution >= 4 is 23.9 Å². The molecule has 0 aromatic heterocycles. The standard InChI is InChI=1S/C12H16N2O3S/c1-14(8-18)13-7-9-5-10(15-2)12(17-4)11(6-9)16-3/h5-8H,1-4H3. The van der Waals surface area contributed by atoms with Crippen molar-refractivity contribution in [2.24, 2.45) is 5.10 Å². The molecule has 1 aromatic carbocycles. The van der Waals surface area contributed by atoms with Crippen LogP contribution in [0.5, 0.6) is 17.2 Å². The van der Waals surface area contributed by atoms with Gasteiger partial charge >= 0.3 is 0 Å². The molecule has 6 heteroatoms. The van der Waals surface area contributed by atoms with Crippen molar-refractivity contribution in [3.8, 4) is 17.2 Å². The van der Waals surface area contributed by atoms with Crippen LogP contribution in [0.2, 0.25) is 0 Å². The van der Waals surface area contributed by atoms with E-state index < -0.39 is 0 Å². The highest BCUT2D eigenvalue weighted by molar-refractivity contribution is 7.78. The van der Waals surface area contributed by atoms with Gasteiger partial charge < -0.3 is 14.2 Å². The Bertz CT molecular complexity index is 424. The lowest BCUT2D eigenvalue weighted by molar-refractivity contribution is 0.324. The zero-order valence-electron chi connectivity index (χ0n) is 10.8. The predicted octanol–water partition coefficient (Wildman–Crippen LogP) is 1.94. The number of ether oxygens (including phenoxy) is 3. The van der Waals surface area contributed by atoms with Gasteiger partial charge in [0.1, 0.15) is 0 Å². The van der Waals surface area contributed by atoms with E-state index in [4.69, 9.17) is 26.4 Å². The Morgan fingerprint density at radius 1 is 1.11 bits per heavy atom. The van der Waals surface area contributed by atoms with Crippen molar-refractivity contribution in [1.29, 1.82) is 0 Å². The SMILES string of the molecule is COc1cc(C=NN(C)C=S)cc(OC)c1OC. The van der Waals surface area contributed by atoms with E-state index in [0.29, 0.717) is 17.2 Å². The van der Waals surface area contributed by atoms with Crippen molar-refractivity contribution in [2.45, 2.75) is 0 Å². The summed E-state index contributed by atoms with van der Waals surface area (Å²) in [6.45, 7) is 0. The average molecular weight is 268 g/mol. The topological polar surface area (TPSA) is 43.3 Å². The molecule has 98 valence electrons. The molecule has 0 saturated carbocycles. The highest BCUT2D eigenvalue weighted by atomic mass is 32.1. The van der Waals surface area contributed by atoms with Gasteiger partial charge in [0.25, 0.3) is 0 Å². The summed E-state index contributed by atoms with van der Waals surface area (Å²) in [5.74, 6) is 1.73. The third-order valence-corrected chi connectivity index (χ3v) is 2.53. The number of hydrazone groups is 1. The van der Waals surface area contributed by atoms with Crippen LogP contribution in [0.1, 0.15) is 5.56 Å². The van der Waals surface area contributed by atoms with Crippen LogP contribution in [0.25, 0.3) is 0 Å². The Kier molecular flexibility index (Phi) is 5.38. The van der Waals surface area contributed by atoms with Gasteiger partial charge in [-0.3, -0.25) is 5.01 Å². The van der Waals surface area contributed by atoms with Crippen molar-refractivity contribution in [3.63, 3.8) is 0 Å². The number of methoxy groups -OCH3 is 3. The van der Waals surface area contributed by atoms with Crippen LogP contribution in [0.15, 0.2) is 17.2 Å². The molecule has 0 aliphatic rings. The first kappa shape index (κ1) is 14.2.